The van der Waals surface area contributed by atoms with E-state index in [1.807, 2.05) is 36.5 Å². The third-order valence-corrected chi connectivity index (χ3v) is 8.57. The molecule has 1 aliphatic heterocycles. The maximum absolute atomic E-state index is 13.9. The molecule has 2 saturated carbocycles. The number of carbonyl (C=O) groups excluding carboxylic acids is 1. The van der Waals surface area contributed by atoms with E-state index in [1.54, 1.807) is 12.0 Å². The number of aromatic nitrogens is 1. The van der Waals surface area contributed by atoms with Crippen molar-refractivity contribution in [3.63, 3.8) is 0 Å². The van der Waals surface area contributed by atoms with Crippen LogP contribution >= 0.6 is 0 Å². The number of amides is 1. The van der Waals surface area contributed by atoms with Gasteiger partial charge in [0, 0.05) is 24.2 Å². The third-order valence-electron chi connectivity index (χ3n) is 8.57. The number of hydrogen-bond acceptors (Lipinski definition) is 4. The van der Waals surface area contributed by atoms with Gasteiger partial charge in [-0.05, 0) is 61.6 Å². The lowest BCUT2D eigenvalue weighted by atomic mass is 9.77. The smallest absolute Gasteiger partial charge is 0.392 e. The second kappa shape index (κ2) is 11.0. The molecule has 3 aliphatic rings. The van der Waals surface area contributed by atoms with Crippen molar-refractivity contribution in [1.29, 1.82) is 0 Å². The molecule has 4 atom stereocenters. The van der Waals surface area contributed by atoms with Gasteiger partial charge < -0.3 is 9.64 Å². The van der Waals surface area contributed by atoms with E-state index in [9.17, 15) is 18.0 Å². The van der Waals surface area contributed by atoms with E-state index in [4.69, 9.17) is 4.74 Å². The molecule has 4 unspecified atom stereocenters. The van der Waals surface area contributed by atoms with Gasteiger partial charge in [0.1, 0.15) is 0 Å². The number of methoxy groups -OCH3 is 1. The van der Waals surface area contributed by atoms with Gasteiger partial charge in [-0.15, -0.1) is 0 Å². The Bertz CT molecular complexity index is 1070. The summed E-state index contributed by atoms with van der Waals surface area (Å²) in [7, 11) is 1.59. The molecule has 5 rings (SSSR count). The Kier molecular flexibility index (Phi) is 7.75. The zero-order valence-electron chi connectivity index (χ0n) is 21.3. The van der Waals surface area contributed by atoms with Gasteiger partial charge in [0.15, 0.2) is 0 Å². The molecule has 1 saturated heterocycles. The fourth-order valence-electron chi connectivity index (χ4n) is 6.35. The van der Waals surface area contributed by atoms with Crippen molar-refractivity contribution in [3.05, 3.63) is 59.3 Å². The molecule has 0 spiro atoms. The zero-order valence-corrected chi connectivity index (χ0v) is 21.3. The monoisotopic (exact) mass is 515 g/mol. The van der Waals surface area contributed by atoms with Crippen molar-refractivity contribution < 1.29 is 22.7 Å². The predicted molar refractivity (Wildman–Crippen MR) is 135 cm³/mol. The van der Waals surface area contributed by atoms with Crippen LogP contribution in [0.1, 0.15) is 86.4 Å². The summed E-state index contributed by atoms with van der Waals surface area (Å²) in [4.78, 5) is 20.2. The van der Waals surface area contributed by atoms with Gasteiger partial charge >= 0.3 is 6.18 Å². The summed E-state index contributed by atoms with van der Waals surface area (Å²) >= 11 is 0. The number of hydrogen-bond donors (Lipinski definition) is 1. The molecule has 1 aromatic heterocycles. The molecule has 2 aliphatic carbocycles. The number of ether oxygens (including phenoxy) is 1. The largest absolute Gasteiger partial charge is 0.481 e. The van der Waals surface area contributed by atoms with Gasteiger partial charge in [0.2, 0.25) is 11.8 Å². The molecule has 1 amide bonds. The molecule has 0 bridgehead atoms. The Morgan fingerprint density at radius 3 is 2.46 bits per heavy atom. The Balaban J connectivity index is 1.40. The topological polar surface area (TPSA) is 54.5 Å². The lowest BCUT2D eigenvalue weighted by Crippen LogP contribution is -2.51. The van der Waals surface area contributed by atoms with Crippen LogP contribution in [0, 0.1) is 11.8 Å². The number of pyridine rings is 1. The maximum atomic E-state index is 13.9. The van der Waals surface area contributed by atoms with Crippen LogP contribution in [0.3, 0.4) is 0 Å². The highest BCUT2D eigenvalue weighted by atomic mass is 19.4. The number of nitrogens with one attached hydrogen (secondary N) is 1. The Morgan fingerprint density at radius 2 is 1.78 bits per heavy atom. The standard InChI is InChI=1S/C29H36F3N3O2/c1-37-27-22(16-21(17-34-27)19-10-7-11-19)18-33-26-15-14-25(20-8-3-2-4-9-20)35(26)28(36)23-12-5-6-13-24(23)29(30,31)32/h2-4,8-9,16-17,19,23-26,33H,5-7,10-15,18H2,1H3. The van der Waals surface area contributed by atoms with Gasteiger partial charge in [-0.3, -0.25) is 10.1 Å². The SMILES string of the molecule is COc1ncc(C2CCC2)cc1CNC1CCC(c2ccccc2)N1C(=O)C1CCCCC1C(F)(F)F. The molecule has 200 valence electrons. The van der Waals surface area contributed by atoms with Crippen molar-refractivity contribution in [1.82, 2.24) is 15.2 Å². The van der Waals surface area contributed by atoms with Crippen LogP contribution in [0.15, 0.2) is 42.6 Å². The Hall–Kier alpha value is -2.61. The maximum Gasteiger partial charge on any atom is 0.392 e. The average molecular weight is 516 g/mol. The van der Waals surface area contributed by atoms with E-state index < -0.39 is 18.0 Å². The number of carbonyl (C=O) groups is 1. The fraction of sp³-hybridized carbons (Fsp3) is 0.586. The van der Waals surface area contributed by atoms with Crippen LogP contribution in [0.5, 0.6) is 5.88 Å². The van der Waals surface area contributed by atoms with Crippen LogP contribution < -0.4 is 10.1 Å². The molecule has 2 heterocycles. The summed E-state index contributed by atoms with van der Waals surface area (Å²) in [5.41, 5.74) is 3.07. The number of halogens is 3. The highest BCUT2D eigenvalue weighted by Gasteiger charge is 2.51. The first-order valence-electron chi connectivity index (χ1n) is 13.6. The number of benzene rings is 1. The molecule has 3 fully saturated rings. The molecule has 1 N–H and O–H groups in total. The van der Waals surface area contributed by atoms with E-state index in [2.05, 4.69) is 16.4 Å². The lowest BCUT2D eigenvalue weighted by Gasteiger charge is -2.39. The van der Waals surface area contributed by atoms with Crippen LogP contribution in [0.4, 0.5) is 13.2 Å². The highest BCUT2D eigenvalue weighted by Crippen LogP contribution is 2.45. The van der Waals surface area contributed by atoms with Crippen molar-refractivity contribution in [2.45, 2.75) is 88.6 Å². The quantitative estimate of drug-likeness (QED) is 0.457. The van der Waals surface area contributed by atoms with Gasteiger partial charge in [0.05, 0.1) is 25.2 Å². The first-order chi connectivity index (χ1) is 17.9. The predicted octanol–water partition coefficient (Wildman–Crippen LogP) is 6.51. The summed E-state index contributed by atoms with van der Waals surface area (Å²) < 4.78 is 47.3. The van der Waals surface area contributed by atoms with Crippen molar-refractivity contribution in [3.8, 4) is 5.88 Å². The van der Waals surface area contributed by atoms with Gasteiger partial charge in [-0.25, -0.2) is 4.98 Å². The summed E-state index contributed by atoms with van der Waals surface area (Å²) in [6, 6.07) is 11.5. The van der Waals surface area contributed by atoms with Crippen molar-refractivity contribution in [2.75, 3.05) is 7.11 Å². The molecular weight excluding hydrogens is 479 g/mol. The van der Waals surface area contributed by atoms with Gasteiger partial charge in [0.25, 0.3) is 0 Å². The molecule has 8 heteroatoms. The minimum absolute atomic E-state index is 0.0265. The van der Waals surface area contributed by atoms with Crippen LogP contribution in [0.25, 0.3) is 0 Å². The van der Waals surface area contributed by atoms with Crippen molar-refractivity contribution in [2.24, 2.45) is 11.8 Å². The second-order valence-corrected chi connectivity index (χ2v) is 10.7. The number of alkyl halides is 3. The normalized spacial score (nSPS) is 26.6. The van der Waals surface area contributed by atoms with Crippen LogP contribution in [-0.4, -0.2) is 35.2 Å². The fourth-order valence-corrected chi connectivity index (χ4v) is 6.35. The second-order valence-electron chi connectivity index (χ2n) is 10.7. The number of nitrogens with zero attached hydrogens (tertiary/aromatic N) is 2. The third kappa shape index (κ3) is 5.49. The Labute approximate surface area is 216 Å². The molecule has 1 aromatic carbocycles. The number of rotatable bonds is 7. The average Bonchev–Trinajstić information content (AvgIpc) is 3.30. The molecule has 5 nitrogen and oxygen atoms in total. The van der Waals surface area contributed by atoms with E-state index in [0.29, 0.717) is 44.0 Å². The molecule has 37 heavy (non-hydrogen) atoms. The minimum atomic E-state index is -4.37. The Morgan fingerprint density at radius 1 is 1.03 bits per heavy atom. The van der Waals surface area contributed by atoms with E-state index >= 15 is 0 Å². The number of likely N-dealkylation sites (tertiary alicyclic amines) is 1. The van der Waals surface area contributed by atoms with Gasteiger partial charge in [-0.2, -0.15) is 13.2 Å². The summed E-state index contributed by atoms with van der Waals surface area (Å²) in [5.74, 6) is -1.92. The molecule has 2 aromatic rings. The zero-order chi connectivity index (χ0) is 26.0. The van der Waals surface area contributed by atoms with Crippen LogP contribution in [-0.2, 0) is 11.3 Å². The lowest BCUT2D eigenvalue weighted by molar-refractivity contribution is -0.201. The highest BCUT2D eigenvalue weighted by molar-refractivity contribution is 5.80. The van der Waals surface area contributed by atoms with Gasteiger partial charge in [-0.1, -0.05) is 49.6 Å². The first-order valence-corrected chi connectivity index (χ1v) is 13.6. The van der Waals surface area contributed by atoms with E-state index in [1.165, 1.54) is 12.0 Å². The molecule has 0 radical (unpaired) electrons. The summed E-state index contributed by atoms with van der Waals surface area (Å²) in [6.45, 7) is 0.431. The van der Waals surface area contributed by atoms with E-state index in [0.717, 1.165) is 24.0 Å². The minimum Gasteiger partial charge on any atom is -0.481 e. The van der Waals surface area contributed by atoms with Crippen LogP contribution in [0.2, 0.25) is 0 Å². The molecular formula is C29H36F3N3O2. The summed E-state index contributed by atoms with van der Waals surface area (Å²) in [6.07, 6.45) is 3.56. The first kappa shape index (κ1) is 26.0. The summed E-state index contributed by atoms with van der Waals surface area (Å²) in [5, 5.41) is 3.50. The van der Waals surface area contributed by atoms with Crippen molar-refractivity contribution >= 4 is 5.91 Å². The van der Waals surface area contributed by atoms with E-state index in [-0.39, 0.29) is 31.0 Å².